The van der Waals surface area contributed by atoms with Crippen LogP contribution in [-0.2, 0) is 6.54 Å². The second kappa shape index (κ2) is 4.46. The molecule has 0 atom stereocenters. The van der Waals surface area contributed by atoms with Crippen LogP contribution in [0.25, 0.3) is 11.0 Å². The highest BCUT2D eigenvalue weighted by atomic mass is 16.4. The van der Waals surface area contributed by atoms with Gasteiger partial charge in [0, 0.05) is 23.1 Å². The fourth-order valence-corrected chi connectivity index (χ4v) is 1.80. The maximum atomic E-state index is 11.5. The van der Waals surface area contributed by atoms with Crippen LogP contribution in [0.3, 0.4) is 0 Å². The van der Waals surface area contributed by atoms with Crippen molar-refractivity contribution < 1.29 is 14.8 Å². The molecule has 0 unspecified atom stereocenters. The van der Waals surface area contributed by atoms with Crippen molar-refractivity contribution >= 4 is 11.0 Å². The zero-order valence-corrected chi connectivity index (χ0v) is 10.9. The van der Waals surface area contributed by atoms with E-state index in [4.69, 9.17) is 4.42 Å². The summed E-state index contributed by atoms with van der Waals surface area (Å²) in [5.41, 5.74) is 1.07. The fourth-order valence-electron chi connectivity index (χ4n) is 1.80. The van der Waals surface area contributed by atoms with Crippen LogP contribution < -0.4 is 10.9 Å². The van der Waals surface area contributed by atoms with Gasteiger partial charge in [-0.25, -0.2) is 4.79 Å². The lowest BCUT2D eigenvalue weighted by atomic mass is 10.1. The monoisotopic (exact) mass is 248 g/mol. The average molecular weight is 248 g/mol. The summed E-state index contributed by atoms with van der Waals surface area (Å²) < 4.78 is 5.09. The van der Waals surface area contributed by atoms with Gasteiger partial charge in [-0.05, 0) is 32.9 Å². The Balaban J connectivity index is 2.46. The van der Waals surface area contributed by atoms with Crippen LogP contribution in [0, 0.1) is 0 Å². The number of phenolic OH excluding ortho intramolecular Hbond substituents is 1. The highest BCUT2D eigenvalue weighted by Crippen LogP contribution is 2.21. The maximum absolute atomic E-state index is 11.5. The molecule has 3 N–H and O–H groups in total. The number of fused-ring (bicyclic) bond motifs is 1. The second-order valence-corrected chi connectivity index (χ2v) is 5.55. The van der Waals surface area contributed by atoms with E-state index in [9.17, 15) is 9.90 Å². The quantitative estimate of drug-likeness (QED) is 0.789. The smallest absolute Gasteiger partial charge is 0.336 e. The fraction of sp³-hybridized carbons (Fsp3) is 0.357. The topological polar surface area (TPSA) is 67.0 Å². The summed E-state index contributed by atoms with van der Waals surface area (Å²) in [4.78, 5) is 11.5. The van der Waals surface area contributed by atoms with Gasteiger partial charge in [0.15, 0.2) is 0 Å². The third-order valence-electron chi connectivity index (χ3n) is 2.75. The number of aromatic hydroxyl groups is 1. The molecular weight excluding hydrogens is 230 g/mol. The van der Waals surface area contributed by atoms with Gasteiger partial charge in [-0.1, -0.05) is 0 Å². The van der Waals surface area contributed by atoms with E-state index in [1.165, 1.54) is 12.1 Å². The lowest BCUT2D eigenvalue weighted by molar-refractivity contribution is -0.731. The van der Waals surface area contributed by atoms with Crippen molar-refractivity contribution in [1.82, 2.24) is 0 Å². The third kappa shape index (κ3) is 2.90. The Morgan fingerprint density at radius 3 is 2.67 bits per heavy atom. The van der Waals surface area contributed by atoms with E-state index in [2.05, 4.69) is 26.1 Å². The molecule has 1 aromatic heterocycles. The van der Waals surface area contributed by atoms with Gasteiger partial charge in [-0.3, -0.25) is 0 Å². The van der Waals surface area contributed by atoms with Gasteiger partial charge in [-0.2, -0.15) is 0 Å². The van der Waals surface area contributed by atoms with Gasteiger partial charge in [0.05, 0.1) is 5.54 Å². The average Bonchev–Trinajstić information content (AvgIpc) is 2.24. The molecule has 96 valence electrons. The SMILES string of the molecule is CC(C)(C)[NH2+]Cc1cc(=O)oc2cc(O)ccc12. The minimum absolute atomic E-state index is 0.0965. The van der Waals surface area contributed by atoms with E-state index < -0.39 is 0 Å². The molecule has 2 rings (SSSR count). The van der Waals surface area contributed by atoms with E-state index in [0.717, 1.165) is 10.9 Å². The van der Waals surface area contributed by atoms with E-state index >= 15 is 0 Å². The van der Waals surface area contributed by atoms with Gasteiger partial charge in [0.25, 0.3) is 0 Å². The van der Waals surface area contributed by atoms with Gasteiger partial charge in [-0.15, -0.1) is 0 Å². The van der Waals surface area contributed by atoms with E-state index in [1.807, 2.05) is 0 Å². The Labute approximate surface area is 105 Å². The Morgan fingerprint density at radius 1 is 1.28 bits per heavy atom. The first-order chi connectivity index (χ1) is 8.35. The summed E-state index contributed by atoms with van der Waals surface area (Å²) in [5.74, 6) is 0.0996. The van der Waals surface area contributed by atoms with Crippen LogP contribution >= 0.6 is 0 Å². The first-order valence-corrected chi connectivity index (χ1v) is 5.95. The number of nitrogens with two attached hydrogens (primary N) is 1. The third-order valence-corrected chi connectivity index (χ3v) is 2.75. The molecule has 0 aliphatic carbocycles. The Bertz CT molecular complexity index is 623. The molecule has 0 saturated carbocycles. The van der Waals surface area contributed by atoms with Crippen molar-refractivity contribution in [3.05, 3.63) is 40.2 Å². The molecular formula is C14H18NO3+. The number of benzene rings is 1. The number of phenols is 1. The summed E-state index contributed by atoms with van der Waals surface area (Å²) in [5, 5.41) is 12.4. The van der Waals surface area contributed by atoms with Crippen molar-refractivity contribution in [2.24, 2.45) is 0 Å². The molecule has 0 fully saturated rings. The number of rotatable bonds is 2. The van der Waals surface area contributed by atoms with Gasteiger partial charge >= 0.3 is 5.63 Å². The largest absolute Gasteiger partial charge is 0.508 e. The highest BCUT2D eigenvalue weighted by Gasteiger charge is 2.15. The second-order valence-electron chi connectivity index (χ2n) is 5.55. The van der Waals surface area contributed by atoms with Crippen LogP contribution in [0.15, 0.2) is 33.5 Å². The molecule has 1 aromatic carbocycles. The van der Waals surface area contributed by atoms with Gasteiger partial charge in [0.1, 0.15) is 17.9 Å². The molecule has 0 aliphatic rings. The van der Waals surface area contributed by atoms with Gasteiger partial charge in [0.2, 0.25) is 0 Å². The van der Waals surface area contributed by atoms with Gasteiger partial charge < -0.3 is 14.8 Å². The summed E-state index contributed by atoms with van der Waals surface area (Å²) in [7, 11) is 0. The Morgan fingerprint density at radius 2 is 2.00 bits per heavy atom. The molecule has 2 aromatic rings. The van der Waals surface area contributed by atoms with Crippen molar-refractivity contribution in [2.75, 3.05) is 0 Å². The molecule has 1 heterocycles. The zero-order valence-electron chi connectivity index (χ0n) is 10.9. The number of hydrogen-bond donors (Lipinski definition) is 2. The predicted octanol–water partition coefficient (Wildman–Crippen LogP) is 1.36. The molecule has 0 radical (unpaired) electrons. The summed E-state index contributed by atoms with van der Waals surface area (Å²) in [6.07, 6.45) is 0. The lowest BCUT2D eigenvalue weighted by Gasteiger charge is -2.17. The highest BCUT2D eigenvalue weighted by molar-refractivity contribution is 5.81. The first kappa shape index (κ1) is 12.6. The van der Waals surface area contributed by atoms with Crippen molar-refractivity contribution in [3.63, 3.8) is 0 Å². The predicted molar refractivity (Wildman–Crippen MR) is 69.5 cm³/mol. The Kier molecular flexibility index (Phi) is 3.13. The minimum Gasteiger partial charge on any atom is -0.508 e. The van der Waals surface area contributed by atoms with Crippen LogP contribution in [0.2, 0.25) is 0 Å². The van der Waals surface area contributed by atoms with Crippen molar-refractivity contribution in [3.8, 4) is 5.75 Å². The Hall–Kier alpha value is -1.81. The maximum Gasteiger partial charge on any atom is 0.336 e. The molecule has 18 heavy (non-hydrogen) atoms. The number of quaternary nitrogens is 1. The van der Waals surface area contributed by atoms with Crippen LogP contribution in [-0.4, -0.2) is 10.6 Å². The van der Waals surface area contributed by atoms with Crippen LogP contribution in [0.4, 0.5) is 0 Å². The van der Waals surface area contributed by atoms with Crippen LogP contribution in [0.1, 0.15) is 26.3 Å². The molecule has 0 spiro atoms. The minimum atomic E-state index is -0.384. The van der Waals surface area contributed by atoms with Crippen molar-refractivity contribution in [1.29, 1.82) is 0 Å². The zero-order chi connectivity index (χ0) is 13.3. The molecule has 0 saturated heterocycles. The number of hydrogen-bond acceptors (Lipinski definition) is 3. The molecule has 4 nitrogen and oxygen atoms in total. The standard InChI is InChI=1S/C14H17NO3/c1-14(2,3)15-8-9-6-13(17)18-12-7-10(16)4-5-11(9)12/h4-7,15-16H,8H2,1-3H3/p+1. The summed E-state index contributed by atoms with van der Waals surface area (Å²) >= 11 is 0. The molecule has 0 amide bonds. The van der Waals surface area contributed by atoms with Crippen molar-refractivity contribution in [2.45, 2.75) is 32.9 Å². The summed E-state index contributed by atoms with van der Waals surface area (Å²) in [6, 6.07) is 6.36. The first-order valence-electron chi connectivity index (χ1n) is 5.95. The molecule has 0 aliphatic heterocycles. The van der Waals surface area contributed by atoms with E-state index in [1.54, 1.807) is 12.1 Å². The van der Waals surface area contributed by atoms with E-state index in [0.29, 0.717) is 12.1 Å². The summed E-state index contributed by atoms with van der Waals surface area (Å²) in [6.45, 7) is 7.06. The lowest BCUT2D eigenvalue weighted by Crippen LogP contribution is -2.92. The normalized spacial score (nSPS) is 11.9. The van der Waals surface area contributed by atoms with E-state index in [-0.39, 0.29) is 16.9 Å². The molecule has 0 bridgehead atoms. The molecule has 4 heteroatoms. The van der Waals surface area contributed by atoms with Crippen LogP contribution in [0.5, 0.6) is 5.75 Å².